The molecule has 30 heavy (non-hydrogen) atoms. The summed E-state index contributed by atoms with van der Waals surface area (Å²) in [6, 6.07) is 17.9. The normalized spacial score (nSPS) is 16.0. The minimum absolute atomic E-state index is 0.479. The third kappa shape index (κ3) is 4.99. The molecule has 1 aliphatic rings. The molecule has 1 aliphatic carbocycles. The van der Waals surface area contributed by atoms with Gasteiger partial charge in [0, 0.05) is 18.3 Å². The second-order valence-electron chi connectivity index (χ2n) is 8.68. The number of nitrogens with zero attached hydrogens (tertiary/aromatic N) is 1. The first kappa shape index (κ1) is 20.8. The van der Waals surface area contributed by atoms with Crippen LogP contribution in [0.4, 0.5) is 8.78 Å². The van der Waals surface area contributed by atoms with Gasteiger partial charge < -0.3 is 9.47 Å². The van der Waals surface area contributed by atoms with Crippen molar-refractivity contribution in [3.63, 3.8) is 0 Å². The lowest BCUT2D eigenvalue weighted by atomic mass is 9.93. The summed E-state index contributed by atoms with van der Waals surface area (Å²) in [4.78, 5) is 1.34. The minimum Gasteiger partial charge on any atom is -0.342 e. The molecular weight excluding hydrogens is 378 g/mol. The lowest BCUT2D eigenvalue weighted by Gasteiger charge is -2.32. The van der Waals surface area contributed by atoms with Crippen molar-refractivity contribution in [1.29, 1.82) is 0 Å². The molecule has 1 N–H and O–H groups in total. The van der Waals surface area contributed by atoms with Gasteiger partial charge in [-0.05, 0) is 56.4 Å². The Hall–Kier alpha value is -2.46. The van der Waals surface area contributed by atoms with Gasteiger partial charge in [-0.1, -0.05) is 48.4 Å². The van der Waals surface area contributed by atoms with Gasteiger partial charge in [0.1, 0.15) is 13.1 Å². The summed E-state index contributed by atoms with van der Waals surface area (Å²) in [7, 11) is 0. The molecule has 0 radical (unpaired) electrons. The summed E-state index contributed by atoms with van der Waals surface area (Å²) < 4.78 is 30.5. The Kier molecular flexibility index (Phi) is 6.63. The molecule has 0 saturated heterocycles. The van der Waals surface area contributed by atoms with Crippen LogP contribution in [0.2, 0.25) is 0 Å². The Labute approximate surface area is 178 Å². The fourth-order valence-corrected chi connectivity index (χ4v) is 4.80. The summed E-state index contributed by atoms with van der Waals surface area (Å²) in [5.41, 5.74) is 4.27. The first-order chi connectivity index (χ1) is 14.6. The molecule has 1 atom stereocenters. The number of nitrogens with one attached hydrogen (secondary N) is 1. The maximum Gasteiger partial charge on any atom is 0.167 e. The van der Waals surface area contributed by atoms with Crippen LogP contribution in [0.25, 0.3) is 0 Å². The van der Waals surface area contributed by atoms with Gasteiger partial charge in [0.25, 0.3) is 0 Å². The van der Waals surface area contributed by atoms with Crippen LogP contribution in [-0.4, -0.2) is 10.6 Å². The first-order valence-electron chi connectivity index (χ1n) is 11.1. The van der Waals surface area contributed by atoms with Crippen LogP contribution < -0.4 is 4.90 Å². The van der Waals surface area contributed by atoms with E-state index in [1.54, 1.807) is 12.1 Å². The molecule has 0 bridgehead atoms. The molecule has 158 valence electrons. The first-order valence-corrected chi connectivity index (χ1v) is 11.1. The lowest BCUT2D eigenvalue weighted by molar-refractivity contribution is -0.954. The number of hydrogen-bond donors (Lipinski definition) is 1. The van der Waals surface area contributed by atoms with E-state index in [4.69, 9.17) is 0 Å². The van der Waals surface area contributed by atoms with E-state index in [9.17, 15) is 8.78 Å². The van der Waals surface area contributed by atoms with E-state index in [1.807, 2.05) is 0 Å². The highest BCUT2D eigenvalue weighted by Gasteiger charge is 2.27. The van der Waals surface area contributed by atoms with Crippen LogP contribution in [0.1, 0.15) is 54.5 Å². The lowest BCUT2D eigenvalue weighted by Crippen LogP contribution is -3.13. The molecule has 0 aliphatic heterocycles. The van der Waals surface area contributed by atoms with Crippen molar-refractivity contribution in [2.45, 2.75) is 64.7 Å². The topological polar surface area (TPSA) is 9.37 Å². The van der Waals surface area contributed by atoms with Gasteiger partial charge in [0.2, 0.25) is 0 Å². The third-order valence-corrected chi connectivity index (χ3v) is 6.40. The molecule has 0 spiro atoms. The Morgan fingerprint density at radius 2 is 1.73 bits per heavy atom. The molecule has 1 saturated carbocycles. The predicted octanol–water partition coefficient (Wildman–Crippen LogP) is 5.04. The van der Waals surface area contributed by atoms with Crippen LogP contribution in [0.5, 0.6) is 0 Å². The Bertz CT molecular complexity index is 973. The van der Waals surface area contributed by atoms with Crippen LogP contribution in [0.15, 0.2) is 60.8 Å². The fraction of sp³-hybridized carbons (Fsp3) is 0.385. The summed E-state index contributed by atoms with van der Waals surface area (Å²) in [6.07, 6.45) is 8.17. The molecular formula is C26H31F2N2+. The van der Waals surface area contributed by atoms with E-state index in [1.165, 1.54) is 47.0 Å². The highest BCUT2D eigenvalue weighted by molar-refractivity contribution is 5.23. The van der Waals surface area contributed by atoms with E-state index >= 15 is 0 Å². The monoisotopic (exact) mass is 409 g/mol. The summed E-state index contributed by atoms with van der Waals surface area (Å²) >= 11 is 0. The van der Waals surface area contributed by atoms with Crippen molar-refractivity contribution in [1.82, 2.24) is 4.57 Å². The zero-order valence-electron chi connectivity index (χ0n) is 17.7. The average Bonchev–Trinajstić information content (AvgIpc) is 3.18. The number of rotatable bonds is 7. The number of hydrogen-bond acceptors (Lipinski definition) is 0. The number of benzene rings is 2. The van der Waals surface area contributed by atoms with Crippen LogP contribution >= 0.6 is 0 Å². The number of aromatic nitrogens is 1. The standard InChI is InChI=1S/C26H30F2N2/c1-20-8-5-9-21(16-20)17-29-15-7-13-24(29)19-30(23-11-3-2-4-12-23)18-22-10-6-14-25(27)26(22)28/h5-10,13-16,23H,2-4,11-12,17-19H2,1H3/p+1. The largest absolute Gasteiger partial charge is 0.342 e. The van der Waals surface area contributed by atoms with Gasteiger partial charge in [-0.15, -0.1) is 0 Å². The van der Waals surface area contributed by atoms with Crippen LogP contribution in [0.3, 0.4) is 0 Å². The third-order valence-electron chi connectivity index (χ3n) is 6.40. The predicted molar refractivity (Wildman–Crippen MR) is 116 cm³/mol. The molecule has 1 heterocycles. The zero-order valence-corrected chi connectivity index (χ0v) is 17.7. The van der Waals surface area contributed by atoms with Gasteiger partial charge in [-0.25, -0.2) is 8.78 Å². The van der Waals surface area contributed by atoms with E-state index in [-0.39, 0.29) is 0 Å². The highest BCUT2D eigenvalue weighted by atomic mass is 19.2. The molecule has 2 nitrogen and oxygen atoms in total. The number of halogens is 2. The summed E-state index contributed by atoms with van der Waals surface area (Å²) in [5, 5.41) is 0. The molecule has 1 unspecified atom stereocenters. The van der Waals surface area contributed by atoms with Crippen molar-refractivity contribution in [2.75, 3.05) is 0 Å². The summed E-state index contributed by atoms with van der Waals surface area (Å²) in [5.74, 6) is -1.45. The van der Waals surface area contributed by atoms with Gasteiger partial charge >= 0.3 is 0 Å². The molecule has 0 amide bonds. The molecule has 4 rings (SSSR count). The van der Waals surface area contributed by atoms with E-state index in [2.05, 4.69) is 54.1 Å². The highest BCUT2D eigenvalue weighted by Crippen LogP contribution is 2.18. The van der Waals surface area contributed by atoms with Gasteiger partial charge in [0.05, 0.1) is 11.7 Å². The summed E-state index contributed by atoms with van der Waals surface area (Å²) in [6.45, 7) is 4.28. The smallest absolute Gasteiger partial charge is 0.167 e. The van der Waals surface area contributed by atoms with Crippen molar-refractivity contribution in [3.05, 3.63) is 94.8 Å². The second kappa shape index (κ2) is 9.57. The number of quaternary nitrogens is 1. The SMILES string of the molecule is Cc1cccc(Cn2cccc2C[NH+](Cc2cccc(F)c2F)C2CCCCC2)c1. The Balaban J connectivity index is 1.56. The van der Waals surface area contributed by atoms with Crippen molar-refractivity contribution in [3.8, 4) is 0 Å². The van der Waals surface area contributed by atoms with E-state index in [0.29, 0.717) is 18.2 Å². The second-order valence-corrected chi connectivity index (χ2v) is 8.68. The quantitative estimate of drug-likeness (QED) is 0.560. The minimum atomic E-state index is -0.752. The Morgan fingerprint density at radius 1 is 0.933 bits per heavy atom. The molecule has 4 heteroatoms. The van der Waals surface area contributed by atoms with Crippen molar-refractivity contribution >= 4 is 0 Å². The maximum absolute atomic E-state index is 14.4. The number of aryl methyl sites for hydroxylation is 1. The molecule has 1 aromatic heterocycles. The van der Waals surface area contributed by atoms with Crippen molar-refractivity contribution in [2.24, 2.45) is 0 Å². The van der Waals surface area contributed by atoms with Gasteiger partial charge in [-0.2, -0.15) is 0 Å². The van der Waals surface area contributed by atoms with Crippen LogP contribution in [0, 0.1) is 18.6 Å². The van der Waals surface area contributed by atoms with Crippen LogP contribution in [-0.2, 0) is 19.6 Å². The van der Waals surface area contributed by atoms with E-state index < -0.39 is 11.6 Å². The van der Waals surface area contributed by atoms with Gasteiger partial charge in [-0.3, -0.25) is 0 Å². The molecule has 2 aromatic carbocycles. The average molecular weight is 410 g/mol. The Morgan fingerprint density at radius 3 is 2.53 bits per heavy atom. The maximum atomic E-state index is 14.4. The van der Waals surface area contributed by atoms with Gasteiger partial charge in [0.15, 0.2) is 11.6 Å². The molecule has 3 aromatic rings. The van der Waals surface area contributed by atoms with Crippen molar-refractivity contribution < 1.29 is 13.7 Å². The van der Waals surface area contributed by atoms with E-state index in [0.717, 1.165) is 25.9 Å². The molecule has 1 fully saturated rings. The fourth-order valence-electron chi connectivity index (χ4n) is 4.80. The zero-order chi connectivity index (χ0) is 20.9.